The lowest BCUT2D eigenvalue weighted by atomic mass is 10.0. The van der Waals surface area contributed by atoms with Crippen LogP contribution in [0.1, 0.15) is 28.4 Å². The van der Waals surface area contributed by atoms with Gasteiger partial charge in [0.25, 0.3) is 5.91 Å². The lowest BCUT2D eigenvalue weighted by Gasteiger charge is -2.16. The summed E-state index contributed by atoms with van der Waals surface area (Å²) >= 11 is 3.76. The maximum atomic E-state index is 12.1. The van der Waals surface area contributed by atoms with Crippen molar-refractivity contribution in [1.82, 2.24) is 5.32 Å². The average Bonchev–Trinajstić information content (AvgIpc) is 2.86. The van der Waals surface area contributed by atoms with Crippen molar-refractivity contribution in [2.24, 2.45) is 0 Å². The molecule has 2 nitrogen and oxygen atoms in total. The maximum Gasteiger partial charge on any atom is 0.252 e. The predicted octanol–water partition coefficient (Wildman–Crippen LogP) is 3.85. The van der Waals surface area contributed by atoms with E-state index in [0.29, 0.717) is 12.0 Å². The summed E-state index contributed by atoms with van der Waals surface area (Å²) in [6.07, 6.45) is 5.87. The van der Waals surface area contributed by atoms with Crippen LogP contribution in [0, 0.1) is 15.2 Å². The fourth-order valence-electron chi connectivity index (χ4n) is 1.73. The van der Waals surface area contributed by atoms with Crippen LogP contribution in [0.2, 0.25) is 0 Å². The van der Waals surface area contributed by atoms with Gasteiger partial charge in [-0.2, -0.15) is 0 Å². The van der Waals surface area contributed by atoms with Crippen LogP contribution in [0.3, 0.4) is 0 Å². The SMILES string of the molecule is C#CC[C@H](NC(=O)c1csc(I)c1)c1ccccc1. The molecule has 0 aliphatic carbocycles. The number of amides is 1. The Bertz CT molecular complexity index is 600. The molecule has 0 saturated carbocycles. The summed E-state index contributed by atoms with van der Waals surface area (Å²) in [6, 6.07) is 11.5. The number of halogens is 1. The van der Waals surface area contributed by atoms with E-state index in [0.717, 1.165) is 8.45 Å². The minimum absolute atomic E-state index is 0.0803. The summed E-state index contributed by atoms with van der Waals surface area (Å²) in [5.74, 6) is 2.53. The molecule has 0 radical (unpaired) electrons. The molecule has 0 bridgehead atoms. The van der Waals surface area contributed by atoms with Crippen molar-refractivity contribution < 1.29 is 4.79 Å². The zero-order valence-electron chi connectivity index (χ0n) is 10.1. The van der Waals surface area contributed by atoms with E-state index < -0.39 is 0 Å². The third-order valence-corrected chi connectivity index (χ3v) is 4.45. The van der Waals surface area contributed by atoms with Gasteiger partial charge in [-0.05, 0) is 34.2 Å². The number of hydrogen-bond acceptors (Lipinski definition) is 2. The van der Waals surface area contributed by atoms with E-state index in [4.69, 9.17) is 6.42 Å². The van der Waals surface area contributed by atoms with Crippen molar-refractivity contribution in [3.63, 3.8) is 0 Å². The molecule has 1 heterocycles. The molecular weight excluding hydrogens is 369 g/mol. The van der Waals surface area contributed by atoms with Gasteiger partial charge in [0.1, 0.15) is 0 Å². The summed E-state index contributed by atoms with van der Waals surface area (Å²) in [4.78, 5) is 12.1. The van der Waals surface area contributed by atoms with Crippen LogP contribution in [0.5, 0.6) is 0 Å². The molecule has 0 unspecified atom stereocenters. The van der Waals surface area contributed by atoms with Crippen LogP contribution < -0.4 is 5.32 Å². The van der Waals surface area contributed by atoms with Crippen LogP contribution in [0.15, 0.2) is 41.8 Å². The molecule has 96 valence electrons. The Hall–Kier alpha value is -1.32. The highest BCUT2D eigenvalue weighted by molar-refractivity contribution is 14.1. The van der Waals surface area contributed by atoms with Crippen LogP contribution >= 0.6 is 33.9 Å². The molecule has 1 aromatic carbocycles. The van der Waals surface area contributed by atoms with Gasteiger partial charge < -0.3 is 5.32 Å². The quantitative estimate of drug-likeness (QED) is 0.633. The number of hydrogen-bond donors (Lipinski definition) is 1. The number of benzene rings is 1. The van der Waals surface area contributed by atoms with Gasteiger partial charge in [-0.3, -0.25) is 4.79 Å². The van der Waals surface area contributed by atoms with Crippen LogP contribution in [0.25, 0.3) is 0 Å². The summed E-state index contributed by atoms with van der Waals surface area (Å²) in [6.45, 7) is 0. The number of rotatable bonds is 4. The minimum Gasteiger partial charge on any atom is -0.344 e. The van der Waals surface area contributed by atoms with Crippen molar-refractivity contribution in [3.05, 3.63) is 55.8 Å². The lowest BCUT2D eigenvalue weighted by Crippen LogP contribution is -2.28. The van der Waals surface area contributed by atoms with Crippen molar-refractivity contribution in [3.8, 4) is 12.3 Å². The molecule has 2 rings (SSSR count). The molecular formula is C15H12INOS. The van der Waals surface area contributed by atoms with Gasteiger partial charge in [0, 0.05) is 11.8 Å². The van der Waals surface area contributed by atoms with Gasteiger partial charge in [0.05, 0.1) is 14.5 Å². The largest absolute Gasteiger partial charge is 0.344 e. The van der Waals surface area contributed by atoms with Gasteiger partial charge in [0.2, 0.25) is 0 Å². The molecule has 2 aromatic rings. The first-order valence-corrected chi connectivity index (χ1v) is 7.70. The summed E-state index contributed by atoms with van der Waals surface area (Å²) < 4.78 is 1.09. The fourth-order valence-corrected chi connectivity index (χ4v) is 3.05. The summed E-state index contributed by atoms with van der Waals surface area (Å²) in [5.41, 5.74) is 1.71. The Morgan fingerprint density at radius 3 is 2.74 bits per heavy atom. The molecule has 1 N–H and O–H groups in total. The normalized spacial score (nSPS) is 11.6. The predicted molar refractivity (Wildman–Crippen MR) is 87.1 cm³/mol. The summed E-state index contributed by atoms with van der Waals surface area (Å²) in [5, 5.41) is 4.84. The number of thiophene rings is 1. The van der Waals surface area contributed by atoms with Crippen molar-refractivity contribution >= 4 is 39.8 Å². The van der Waals surface area contributed by atoms with E-state index in [1.54, 1.807) is 11.3 Å². The summed E-state index contributed by atoms with van der Waals surface area (Å²) in [7, 11) is 0. The minimum atomic E-state index is -0.142. The van der Waals surface area contributed by atoms with E-state index in [1.807, 2.05) is 41.8 Å². The first kappa shape index (κ1) is 14.1. The van der Waals surface area contributed by atoms with Gasteiger partial charge in [-0.1, -0.05) is 30.3 Å². The lowest BCUT2D eigenvalue weighted by molar-refractivity contribution is 0.0938. The second kappa shape index (κ2) is 6.73. The molecule has 0 aliphatic rings. The maximum absolute atomic E-state index is 12.1. The second-order valence-corrected chi connectivity index (χ2v) is 6.79. The molecule has 0 aliphatic heterocycles. The highest BCUT2D eigenvalue weighted by atomic mass is 127. The van der Waals surface area contributed by atoms with Crippen LogP contribution in [-0.4, -0.2) is 5.91 Å². The molecule has 1 atom stereocenters. The van der Waals surface area contributed by atoms with E-state index in [-0.39, 0.29) is 11.9 Å². The van der Waals surface area contributed by atoms with Crippen LogP contribution in [-0.2, 0) is 0 Å². The molecule has 1 aromatic heterocycles. The molecule has 4 heteroatoms. The Balaban J connectivity index is 2.14. The first-order chi connectivity index (χ1) is 9.20. The second-order valence-electron chi connectivity index (χ2n) is 3.98. The molecule has 19 heavy (non-hydrogen) atoms. The fraction of sp³-hybridized carbons (Fsp3) is 0.133. The Morgan fingerprint density at radius 2 is 2.16 bits per heavy atom. The highest BCUT2D eigenvalue weighted by Gasteiger charge is 2.15. The third kappa shape index (κ3) is 3.82. The Morgan fingerprint density at radius 1 is 1.42 bits per heavy atom. The van der Waals surface area contributed by atoms with E-state index >= 15 is 0 Å². The van der Waals surface area contributed by atoms with Crippen molar-refractivity contribution in [1.29, 1.82) is 0 Å². The smallest absolute Gasteiger partial charge is 0.252 e. The molecule has 0 saturated heterocycles. The number of carbonyl (C=O) groups is 1. The van der Waals surface area contributed by atoms with Gasteiger partial charge in [0.15, 0.2) is 0 Å². The van der Waals surface area contributed by atoms with Gasteiger partial charge in [-0.25, -0.2) is 0 Å². The van der Waals surface area contributed by atoms with Crippen molar-refractivity contribution in [2.75, 3.05) is 0 Å². The Labute approximate surface area is 130 Å². The highest BCUT2D eigenvalue weighted by Crippen LogP contribution is 2.20. The number of nitrogens with one attached hydrogen (secondary N) is 1. The van der Waals surface area contributed by atoms with Gasteiger partial charge in [-0.15, -0.1) is 23.7 Å². The monoisotopic (exact) mass is 381 g/mol. The van der Waals surface area contributed by atoms with Crippen LogP contribution in [0.4, 0.5) is 0 Å². The first-order valence-electron chi connectivity index (χ1n) is 5.74. The number of terminal acetylenes is 1. The average molecular weight is 381 g/mol. The zero-order valence-corrected chi connectivity index (χ0v) is 13.1. The number of carbonyl (C=O) groups excluding carboxylic acids is 1. The standard InChI is InChI=1S/C15H12INOS/c1-2-6-13(11-7-4-3-5-8-11)17-15(18)12-9-14(16)19-10-12/h1,3-5,7-10,13H,6H2,(H,17,18)/t13-/m0/s1. The topological polar surface area (TPSA) is 29.1 Å². The molecule has 0 spiro atoms. The molecule has 0 fully saturated rings. The zero-order chi connectivity index (χ0) is 13.7. The molecule has 1 amide bonds. The van der Waals surface area contributed by atoms with E-state index in [2.05, 4.69) is 33.8 Å². The third-order valence-electron chi connectivity index (χ3n) is 2.66. The Kier molecular flexibility index (Phi) is 5.00. The van der Waals surface area contributed by atoms with Crippen molar-refractivity contribution in [2.45, 2.75) is 12.5 Å². The van der Waals surface area contributed by atoms with Gasteiger partial charge >= 0.3 is 0 Å². The van der Waals surface area contributed by atoms with E-state index in [9.17, 15) is 4.79 Å². The van der Waals surface area contributed by atoms with E-state index in [1.165, 1.54) is 0 Å².